The molecule has 1 N–H and O–H groups in total. The third-order valence-electron chi connectivity index (χ3n) is 2.44. The third kappa shape index (κ3) is 2.29. The van der Waals surface area contributed by atoms with Crippen LogP contribution in [0, 0.1) is 0 Å². The highest BCUT2D eigenvalue weighted by molar-refractivity contribution is 5.59. The van der Waals surface area contributed by atoms with Gasteiger partial charge in [0.25, 0.3) is 0 Å². The number of hydrogen-bond donors (Lipinski definition) is 1. The van der Waals surface area contributed by atoms with Gasteiger partial charge in [-0.1, -0.05) is 30.3 Å². The van der Waals surface area contributed by atoms with E-state index in [-0.39, 0.29) is 0 Å². The van der Waals surface area contributed by atoms with Crippen LogP contribution in [0.1, 0.15) is 5.69 Å². The first-order chi connectivity index (χ1) is 7.66. The Balaban J connectivity index is 2.31. The smallest absolute Gasteiger partial charge is 0.0926 e. The molecule has 84 valence electrons. The Morgan fingerprint density at radius 2 is 2.00 bits per heavy atom. The Kier molecular flexibility index (Phi) is 3.03. The summed E-state index contributed by atoms with van der Waals surface area (Å²) < 4.78 is 1.79. The maximum atomic E-state index is 9.20. The minimum absolute atomic E-state index is 0.469. The summed E-state index contributed by atoms with van der Waals surface area (Å²) in [4.78, 5) is 0. The zero-order valence-electron chi connectivity index (χ0n) is 9.46. The maximum Gasteiger partial charge on any atom is 0.0926 e. The van der Waals surface area contributed by atoms with Crippen LogP contribution in [0.4, 0.5) is 0 Å². The van der Waals surface area contributed by atoms with Gasteiger partial charge in [0.05, 0.1) is 17.9 Å². The molecule has 0 saturated heterocycles. The monoisotopic (exact) mass is 217 g/mol. The summed E-state index contributed by atoms with van der Waals surface area (Å²) >= 11 is 0. The van der Waals surface area contributed by atoms with E-state index in [1.807, 2.05) is 43.4 Å². The lowest BCUT2D eigenvalue weighted by Gasteiger charge is -2.06. The van der Waals surface area contributed by atoms with Crippen LogP contribution in [0.2, 0.25) is 0 Å². The van der Waals surface area contributed by atoms with Crippen molar-refractivity contribution in [1.82, 2.24) is 14.8 Å². The van der Waals surface area contributed by atoms with Gasteiger partial charge in [-0.05, 0) is 6.07 Å². The molecule has 2 aromatic rings. The number of hydrogen-bond acceptors (Lipinski definition) is 3. The van der Waals surface area contributed by atoms with Crippen LogP contribution >= 0.6 is 0 Å². The number of hydroxylamine groups is 2. The molecule has 16 heavy (non-hydrogen) atoms. The van der Waals surface area contributed by atoms with Crippen molar-refractivity contribution in [3.8, 4) is 11.3 Å². The first-order valence-electron chi connectivity index (χ1n) is 5.15. The number of aryl methyl sites for hydroxylation is 1. The molecule has 1 aromatic carbocycles. The Bertz CT molecular complexity index is 462. The average molecular weight is 217 g/mol. The average Bonchev–Trinajstić information content (AvgIpc) is 2.61. The topological polar surface area (TPSA) is 41.3 Å². The molecule has 2 rings (SSSR count). The van der Waals surface area contributed by atoms with Gasteiger partial charge in [-0.15, -0.1) is 0 Å². The van der Waals surface area contributed by atoms with Crippen LogP contribution in [0.3, 0.4) is 0 Å². The summed E-state index contributed by atoms with van der Waals surface area (Å²) in [7, 11) is 3.50. The third-order valence-corrected chi connectivity index (χ3v) is 2.44. The molecule has 0 amide bonds. The van der Waals surface area contributed by atoms with Crippen LogP contribution in [0.5, 0.6) is 0 Å². The lowest BCUT2D eigenvalue weighted by Crippen LogP contribution is -2.14. The minimum Gasteiger partial charge on any atom is -0.314 e. The molecule has 0 aliphatic carbocycles. The molecule has 0 aliphatic rings. The second kappa shape index (κ2) is 4.47. The Morgan fingerprint density at radius 3 is 2.62 bits per heavy atom. The van der Waals surface area contributed by atoms with E-state index in [2.05, 4.69) is 5.10 Å². The fraction of sp³-hybridized carbons (Fsp3) is 0.250. The predicted octanol–water partition coefficient (Wildman–Crippen LogP) is 1.91. The van der Waals surface area contributed by atoms with Gasteiger partial charge in [-0.3, -0.25) is 4.68 Å². The largest absolute Gasteiger partial charge is 0.314 e. The summed E-state index contributed by atoms with van der Waals surface area (Å²) in [6, 6.07) is 12.0. The van der Waals surface area contributed by atoms with Crippen molar-refractivity contribution in [2.24, 2.45) is 7.05 Å². The van der Waals surface area contributed by atoms with Crippen molar-refractivity contribution in [1.29, 1.82) is 0 Å². The van der Waals surface area contributed by atoms with Gasteiger partial charge in [0.2, 0.25) is 0 Å². The van der Waals surface area contributed by atoms with Crippen LogP contribution in [0.25, 0.3) is 11.3 Å². The summed E-state index contributed by atoms with van der Waals surface area (Å²) in [5.74, 6) is 0. The van der Waals surface area contributed by atoms with Crippen molar-refractivity contribution >= 4 is 0 Å². The molecule has 0 fully saturated rings. The zero-order valence-corrected chi connectivity index (χ0v) is 9.46. The predicted molar refractivity (Wildman–Crippen MR) is 61.9 cm³/mol. The quantitative estimate of drug-likeness (QED) is 0.798. The molecular formula is C12H15N3O. The SMILES string of the molecule is CN(O)Cc1cc(-c2ccccc2)nn1C. The van der Waals surface area contributed by atoms with Crippen LogP contribution in [-0.2, 0) is 13.6 Å². The first kappa shape index (κ1) is 10.9. The molecule has 0 aliphatic heterocycles. The van der Waals surface area contributed by atoms with Crippen molar-refractivity contribution in [3.63, 3.8) is 0 Å². The highest BCUT2D eigenvalue weighted by Crippen LogP contribution is 2.18. The first-order valence-corrected chi connectivity index (χ1v) is 5.15. The summed E-state index contributed by atoms with van der Waals surface area (Å²) in [5, 5.41) is 14.8. The molecule has 4 heteroatoms. The minimum atomic E-state index is 0.469. The van der Waals surface area contributed by atoms with Gasteiger partial charge in [0.1, 0.15) is 0 Å². The van der Waals surface area contributed by atoms with Crippen molar-refractivity contribution in [2.45, 2.75) is 6.54 Å². The second-order valence-electron chi connectivity index (χ2n) is 3.83. The van der Waals surface area contributed by atoms with Gasteiger partial charge >= 0.3 is 0 Å². The highest BCUT2D eigenvalue weighted by Gasteiger charge is 2.07. The standard InChI is InChI=1S/C12H15N3O/c1-14(16)9-11-8-12(13-15(11)2)10-6-4-3-5-7-10/h3-8,16H,9H2,1-2H3. The summed E-state index contributed by atoms with van der Waals surface area (Å²) in [5.41, 5.74) is 2.99. The van der Waals surface area contributed by atoms with Gasteiger partial charge < -0.3 is 5.21 Å². The van der Waals surface area contributed by atoms with E-state index in [9.17, 15) is 5.21 Å². The molecule has 1 aromatic heterocycles. The number of rotatable bonds is 3. The number of nitrogens with zero attached hydrogens (tertiary/aromatic N) is 3. The van der Waals surface area contributed by atoms with Gasteiger partial charge in [-0.2, -0.15) is 10.2 Å². The molecule has 0 spiro atoms. The summed E-state index contributed by atoms with van der Waals surface area (Å²) in [6.07, 6.45) is 0. The Hall–Kier alpha value is -1.65. The molecule has 0 atom stereocenters. The van der Waals surface area contributed by atoms with Gasteiger partial charge in [0, 0.05) is 19.7 Å². The van der Waals surface area contributed by atoms with Gasteiger partial charge in [-0.25, -0.2) is 0 Å². The number of benzene rings is 1. The van der Waals surface area contributed by atoms with E-state index in [1.165, 1.54) is 0 Å². The van der Waals surface area contributed by atoms with Crippen molar-refractivity contribution in [3.05, 3.63) is 42.1 Å². The zero-order chi connectivity index (χ0) is 11.5. The fourth-order valence-corrected chi connectivity index (χ4v) is 1.64. The van der Waals surface area contributed by atoms with Crippen molar-refractivity contribution in [2.75, 3.05) is 7.05 Å². The molecular weight excluding hydrogens is 202 g/mol. The van der Waals surface area contributed by atoms with Crippen molar-refractivity contribution < 1.29 is 5.21 Å². The van der Waals surface area contributed by atoms with E-state index < -0.39 is 0 Å². The Morgan fingerprint density at radius 1 is 1.31 bits per heavy atom. The van der Waals surface area contributed by atoms with E-state index in [4.69, 9.17) is 0 Å². The van der Waals surface area contributed by atoms with E-state index in [0.717, 1.165) is 22.0 Å². The van der Waals surface area contributed by atoms with E-state index in [0.29, 0.717) is 6.54 Å². The normalized spacial score (nSPS) is 11.0. The molecule has 0 radical (unpaired) electrons. The number of aromatic nitrogens is 2. The maximum absolute atomic E-state index is 9.20. The van der Waals surface area contributed by atoms with Crippen LogP contribution in [-0.4, -0.2) is 27.1 Å². The molecule has 4 nitrogen and oxygen atoms in total. The lowest BCUT2D eigenvalue weighted by atomic mass is 10.1. The molecule has 0 bridgehead atoms. The van der Waals surface area contributed by atoms with Crippen LogP contribution in [0.15, 0.2) is 36.4 Å². The van der Waals surface area contributed by atoms with E-state index in [1.54, 1.807) is 11.7 Å². The van der Waals surface area contributed by atoms with Gasteiger partial charge in [0.15, 0.2) is 0 Å². The molecule has 0 unspecified atom stereocenters. The van der Waals surface area contributed by atoms with E-state index >= 15 is 0 Å². The fourth-order valence-electron chi connectivity index (χ4n) is 1.64. The second-order valence-corrected chi connectivity index (χ2v) is 3.83. The van der Waals surface area contributed by atoms with Crippen LogP contribution < -0.4 is 0 Å². The molecule has 0 saturated carbocycles. The Labute approximate surface area is 94.7 Å². The molecule has 1 heterocycles. The highest BCUT2D eigenvalue weighted by atomic mass is 16.5. The lowest BCUT2D eigenvalue weighted by molar-refractivity contribution is -0.0748. The summed E-state index contributed by atoms with van der Waals surface area (Å²) in [6.45, 7) is 0.469.